The summed E-state index contributed by atoms with van der Waals surface area (Å²) in [6.07, 6.45) is 3.38. The van der Waals surface area contributed by atoms with Crippen LogP contribution >= 0.6 is 11.9 Å². The van der Waals surface area contributed by atoms with Crippen LogP contribution in [0.25, 0.3) is 0 Å². The fraction of sp³-hybridized carbons (Fsp3) is 0.500. The quantitative estimate of drug-likeness (QED) is 0.420. The molecule has 0 fully saturated rings. The zero-order valence-corrected chi connectivity index (χ0v) is 6.11. The van der Waals surface area contributed by atoms with E-state index in [2.05, 4.69) is 24.8 Å². The minimum atomic E-state index is 0.575. The molecule has 0 saturated carbocycles. The van der Waals surface area contributed by atoms with E-state index in [4.69, 9.17) is 0 Å². The zero-order chi connectivity index (χ0) is 6.41. The number of rotatable bonds is 3. The standard InChI is InChI=1S/C6H11NS/c1-4-5-7-8-6(2)3/h4-6H,1H2,2-3H3. The lowest BCUT2D eigenvalue weighted by atomic mass is 10.6. The van der Waals surface area contributed by atoms with Gasteiger partial charge in [0, 0.05) is 11.5 Å². The number of nitrogens with zero attached hydrogens (tertiary/aromatic N) is 1. The molecular weight excluding hydrogens is 118 g/mol. The van der Waals surface area contributed by atoms with Gasteiger partial charge in [0.25, 0.3) is 0 Å². The van der Waals surface area contributed by atoms with Crippen LogP contribution in [-0.4, -0.2) is 11.5 Å². The molecule has 0 aliphatic heterocycles. The Morgan fingerprint density at radius 1 is 1.62 bits per heavy atom. The SMILES string of the molecule is C=CC=NSC(C)C. The van der Waals surface area contributed by atoms with Gasteiger partial charge < -0.3 is 0 Å². The van der Waals surface area contributed by atoms with Crippen molar-refractivity contribution in [3.05, 3.63) is 12.7 Å². The Bertz CT molecular complexity index is 86.5. The average Bonchev–Trinajstić information content (AvgIpc) is 1.66. The van der Waals surface area contributed by atoms with Crippen molar-refractivity contribution in [3.63, 3.8) is 0 Å². The molecule has 0 unspecified atom stereocenters. The molecule has 0 aromatic carbocycles. The minimum Gasteiger partial charge on any atom is -0.224 e. The number of hydrogen-bond acceptors (Lipinski definition) is 2. The molecule has 2 heteroatoms. The van der Waals surface area contributed by atoms with Crippen molar-refractivity contribution in [3.8, 4) is 0 Å². The number of allylic oxidation sites excluding steroid dienone is 1. The topological polar surface area (TPSA) is 12.4 Å². The van der Waals surface area contributed by atoms with Crippen molar-refractivity contribution >= 4 is 18.2 Å². The molecule has 0 radical (unpaired) electrons. The molecule has 0 atom stereocenters. The maximum atomic E-state index is 3.96. The summed E-state index contributed by atoms with van der Waals surface area (Å²) in [6, 6.07) is 0. The highest BCUT2D eigenvalue weighted by atomic mass is 32.2. The Labute approximate surface area is 55.0 Å². The summed E-state index contributed by atoms with van der Waals surface area (Å²) in [4.78, 5) is 0. The molecule has 0 heterocycles. The average molecular weight is 129 g/mol. The molecule has 0 spiro atoms. The minimum absolute atomic E-state index is 0.575. The fourth-order valence-corrected chi connectivity index (χ4v) is 0.600. The van der Waals surface area contributed by atoms with Gasteiger partial charge in [-0.05, 0) is 11.9 Å². The first-order valence-electron chi connectivity index (χ1n) is 2.57. The van der Waals surface area contributed by atoms with Crippen LogP contribution in [0.5, 0.6) is 0 Å². The third kappa shape index (κ3) is 5.76. The lowest BCUT2D eigenvalue weighted by molar-refractivity contribution is 1.11. The Morgan fingerprint density at radius 2 is 2.25 bits per heavy atom. The normalized spacial score (nSPS) is 10.9. The van der Waals surface area contributed by atoms with E-state index in [0.717, 1.165) is 0 Å². The highest BCUT2D eigenvalue weighted by molar-refractivity contribution is 7.98. The molecular formula is C6H11NS. The Hall–Kier alpha value is -0.240. The summed E-state index contributed by atoms with van der Waals surface area (Å²) in [5.74, 6) is 0. The summed E-state index contributed by atoms with van der Waals surface area (Å²) >= 11 is 1.55. The molecule has 1 nitrogen and oxygen atoms in total. The van der Waals surface area contributed by atoms with Crippen LogP contribution in [0.15, 0.2) is 17.1 Å². The first-order chi connectivity index (χ1) is 3.77. The molecule has 0 aliphatic rings. The zero-order valence-electron chi connectivity index (χ0n) is 5.29. The van der Waals surface area contributed by atoms with Crippen molar-refractivity contribution in [2.75, 3.05) is 0 Å². The second kappa shape index (κ2) is 4.91. The molecule has 0 saturated heterocycles. The van der Waals surface area contributed by atoms with E-state index in [9.17, 15) is 0 Å². The van der Waals surface area contributed by atoms with Gasteiger partial charge in [0.2, 0.25) is 0 Å². The first kappa shape index (κ1) is 7.76. The molecule has 0 amide bonds. The van der Waals surface area contributed by atoms with E-state index in [-0.39, 0.29) is 0 Å². The van der Waals surface area contributed by atoms with Gasteiger partial charge in [-0.3, -0.25) is 0 Å². The first-order valence-corrected chi connectivity index (χ1v) is 3.41. The summed E-state index contributed by atoms with van der Waals surface area (Å²) in [5.41, 5.74) is 0. The van der Waals surface area contributed by atoms with Crippen LogP contribution in [0.1, 0.15) is 13.8 Å². The van der Waals surface area contributed by atoms with Gasteiger partial charge in [0.15, 0.2) is 0 Å². The van der Waals surface area contributed by atoms with Gasteiger partial charge >= 0.3 is 0 Å². The molecule has 0 aliphatic carbocycles. The van der Waals surface area contributed by atoms with Gasteiger partial charge in [-0.25, -0.2) is 4.40 Å². The molecule has 0 aromatic rings. The molecule has 0 rings (SSSR count). The highest BCUT2D eigenvalue weighted by Gasteiger charge is 1.86. The predicted molar refractivity (Wildman–Crippen MR) is 41.4 cm³/mol. The van der Waals surface area contributed by atoms with Gasteiger partial charge in [-0.2, -0.15) is 0 Å². The maximum absolute atomic E-state index is 3.96. The van der Waals surface area contributed by atoms with E-state index in [1.54, 1.807) is 24.2 Å². The Kier molecular flexibility index (Phi) is 4.76. The largest absolute Gasteiger partial charge is 0.224 e. The molecule has 46 valence electrons. The monoisotopic (exact) mass is 129 g/mol. The molecule has 8 heavy (non-hydrogen) atoms. The van der Waals surface area contributed by atoms with Crippen molar-refractivity contribution < 1.29 is 0 Å². The van der Waals surface area contributed by atoms with Crippen LogP contribution < -0.4 is 0 Å². The van der Waals surface area contributed by atoms with E-state index in [0.29, 0.717) is 5.25 Å². The summed E-state index contributed by atoms with van der Waals surface area (Å²) in [6.45, 7) is 7.70. The summed E-state index contributed by atoms with van der Waals surface area (Å²) in [5, 5.41) is 0.575. The molecule has 0 bridgehead atoms. The molecule has 0 aromatic heterocycles. The smallest absolute Gasteiger partial charge is 0.0345 e. The third-order valence-corrected chi connectivity index (χ3v) is 1.10. The second-order valence-electron chi connectivity index (χ2n) is 1.64. The lowest BCUT2D eigenvalue weighted by Crippen LogP contribution is -1.80. The van der Waals surface area contributed by atoms with Gasteiger partial charge in [0.1, 0.15) is 0 Å². The van der Waals surface area contributed by atoms with Crippen molar-refractivity contribution in [1.29, 1.82) is 0 Å². The third-order valence-electron chi connectivity index (χ3n) is 0.438. The fourth-order valence-electron chi connectivity index (χ4n) is 0.200. The Balaban J connectivity index is 3.15. The predicted octanol–water partition coefficient (Wildman–Crippen LogP) is 2.30. The van der Waals surface area contributed by atoms with Crippen LogP contribution in [0.4, 0.5) is 0 Å². The van der Waals surface area contributed by atoms with E-state index >= 15 is 0 Å². The highest BCUT2D eigenvalue weighted by Crippen LogP contribution is 2.08. The van der Waals surface area contributed by atoms with E-state index < -0.39 is 0 Å². The molecule has 0 N–H and O–H groups in total. The van der Waals surface area contributed by atoms with Crippen molar-refractivity contribution in [2.24, 2.45) is 4.40 Å². The van der Waals surface area contributed by atoms with Crippen LogP contribution in [0.3, 0.4) is 0 Å². The van der Waals surface area contributed by atoms with Gasteiger partial charge in [0.05, 0.1) is 0 Å². The lowest BCUT2D eigenvalue weighted by Gasteiger charge is -1.92. The summed E-state index contributed by atoms with van der Waals surface area (Å²) < 4.78 is 3.96. The van der Waals surface area contributed by atoms with Crippen molar-refractivity contribution in [2.45, 2.75) is 19.1 Å². The van der Waals surface area contributed by atoms with Crippen LogP contribution in [0, 0.1) is 0 Å². The van der Waals surface area contributed by atoms with Crippen molar-refractivity contribution in [1.82, 2.24) is 0 Å². The maximum Gasteiger partial charge on any atom is 0.0345 e. The van der Waals surface area contributed by atoms with E-state index in [1.807, 2.05) is 0 Å². The van der Waals surface area contributed by atoms with Gasteiger partial charge in [-0.1, -0.05) is 26.5 Å². The number of hydrogen-bond donors (Lipinski definition) is 0. The van der Waals surface area contributed by atoms with Crippen LogP contribution in [0.2, 0.25) is 0 Å². The van der Waals surface area contributed by atoms with Crippen LogP contribution in [-0.2, 0) is 0 Å². The van der Waals surface area contributed by atoms with Gasteiger partial charge in [-0.15, -0.1) is 0 Å². The van der Waals surface area contributed by atoms with E-state index in [1.165, 1.54) is 0 Å². The Morgan fingerprint density at radius 3 is 2.62 bits per heavy atom. The second-order valence-corrected chi connectivity index (χ2v) is 3.01. The summed E-state index contributed by atoms with van der Waals surface area (Å²) in [7, 11) is 0.